The van der Waals surface area contributed by atoms with Crippen LogP contribution in [0.25, 0.3) is 0 Å². The molecule has 90 heavy (non-hydrogen) atoms. The van der Waals surface area contributed by atoms with Crippen LogP contribution in [0.4, 0.5) is 0 Å². The zero-order valence-electron chi connectivity index (χ0n) is 59.4. The maximum Gasteiger partial charge on any atom is 0.220 e. The molecule has 9 heteroatoms. The smallest absolute Gasteiger partial charge is 0.220 e. The third-order valence-corrected chi connectivity index (χ3v) is 18.8. The molecule has 0 aromatic carbocycles. The quantitative estimate of drug-likeness (QED) is 0.0261. The molecule has 1 saturated heterocycles. The van der Waals surface area contributed by atoms with Crippen molar-refractivity contribution in [2.45, 2.75) is 436 Å². The van der Waals surface area contributed by atoms with Crippen LogP contribution in [-0.4, -0.2) is 87.5 Å². The lowest BCUT2D eigenvalue weighted by Crippen LogP contribution is -2.60. The Morgan fingerprint density at radius 1 is 0.378 bits per heavy atom. The average Bonchev–Trinajstić information content (AvgIpc) is 1.28. The number of unbranched alkanes of at least 4 members (excludes halogenated alkanes) is 52. The molecule has 6 N–H and O–H groups in total. The lowest BCUT2D eigenvalue weighted by atomic mass is 9.99. The molecule has 9 nitrogen and oxygen atoms in total. The van der Waals surface area contributed by atoms with Gasteiger partial charge in [-0.1, -0.05) is 370 Å². The molecule has 0 aromatic rings. The fourth-order valence-electron chi connectivity index (χ4n) is 12.6. The molecule has 1 rings (SSSR count). The van der Waals surface area contributed by atoms with Crippen molar-refractivity contribution in [3.8, 4) is 0 Å². The van der Waals surface area contributed by atoms with Gasteiger partial charge in [0, 0.05) is 6.42 Å². The Labute approximate surface area is 557 Å². The summed E-state index contributed by atoms with van der Waals surface area (Å²) in [7, 11) is 0. The third-order valence-electron chi connectivity index (χ3n) is 18.8. The van der Waals surface area contributed by atoms with E-state index in [1.807, 2.05) is 6.08 Å². The van der Waals surface area contributed by atoms with Crippen molar-refractivity contribution in [2.24, 2.45) is 0 Å². The highest BCUT2D eigenvalue weighted by atomic mass is 16.7. The Morgan fingerprint density at radius 3 is 1.00 bits per heavy atom. The van der Waals surface area contributed by atoms with Gasteiger partial charge < -0.3 is 40.3 Å². The summed E-state index contributed by atoms with van der Waals surface area (Å²) < 4.78 is 11.3. The van der Waals surface area contributed by atoms with E-state index in [1.54, 1.807) is 6.08 Å². The maximum atomic E-state index is 13.2. The van der Waals surface area contributed by atoms with E-state index < -0.39 is 49.5 Å². The van der Waals surface area contributed by atoms with E-state index in [0.29, 0.717) is 6.42 Å². The summed E-state index contributed by atoms with van der Waals surface area (Å²) in [6.45, 7) is 3.80. The van der Waals surface area contributed by atoms with Crippen LogP contribution in [0.3, 0.4) is 0 Å². The molecule has 7 atom stereocenters. The normalized spacial score (nSPS) is 18.1. The first-order chi connectivity index (χ1) is 44.3. The van der Waals surface area contributed by atoms with E-state index in [9.17, 15) is 30.3 Å². The van der Waals surface area contributed by atoms with Crippen molar-refractivity contribution in [2.75, 3.05) is 13.2 Å². The number of hydrogen-bond acceptors (Lipinski definition) is 8. The highest BCUT2D eigenvalue weighted by molar-refractivity contribution is 5.76. The zero-order chi connectivity index (χ0) is 64.9. The standard InChI is InChI=1S/C81H151NO8/c1-3-5-7-9-11-13-15-17-19-21-23-25-27-29-31-32-33-34-35-36-37-38-39-40-41-42-43-44-45-47-49-51-53-55-57-59-61-63-65-67-69-71-77(85)82-74(73-89-81-80(88)79(87)78(86)76(72-83)90-81)75(84)70-68-66-64-62-60-58-56-54-52-50-48-46-30-28-26-24-22-20-18-16-14-12-10-8-6-4-2/h15,17,21,23,52,54,60,62,68,70,74-76,78-81,83-84,86-88H,3-14,16,18-20,22,24-51,53,55-59,61,63-67,69,71-73H2,1-2H3,(H,82,85)/b17-15-,23-21-,54-52+,62-60+,70-68+. The summed E-state index contributed by atoms with van der Waals surface area (Å²) in [5.41, 5.74) is 0. The number of ether oxygens (including phenoxy) is 2. The number of aliphatic hydroxyl groups is 5. The molecule has 1 fully saturated rings. The summed E-state index contributed by atoms with van der Waals surface area (Å²) in [5, 5.41) is 54.8. The lowest BCUT2D eigenvalue weighted by molar-refractivity contribution is -0.302. The molecule has 0 bridgehead atoms. The molecule has 0 radical (unpaired) electrons. The molecule has 0 saturated carbocycles. The SMILES string of the molecule is CCCCCCC/C=C\C/C=C\CCCCCCCCCCCCCCCCCCCCCCCCCCCCCCCC(=O)NC(COC1OC(CO)C(O)C(O)C1O)C(O)/C=C/CC/C=C/CC/C=C/CCCCCCCCCCCCCCCCCC. The molecule has 1 aliphatic rings. The van der Waals surface area contributed by atoms with Crippen LogP contribution in [-0.2, 0) is 14.3 Å². The number of carbonyl (C=O) groups excluding carboxylic acids is 1. The van der Waals surface area contributed by atoms with Gasteiger partial charge in [-0.05, 0) is 77.0 Å². The van der Waals surface area contributed by atoms with Crippen molar-refractivity contribution in [1.82, 2.24) is 5.32 Å². The molecule has 7 unspecified atom stereocenters. The Kier molecular flexibility index (Phi) is 66.5. The number of rotatable bonds is 70. The molecule has 1 amide bonds. The first-order valence-electron chi connectivity index (χ1n) is 39.5. The third kappa shape index (κ3) is 57.3. The topological polar surface area (TPSA) is 149 Å². The molecular weight excluding hydrogens is 1110 g/mol. The number of hydrogen-bond donors (Lipinski definition) is 6. The van der Waals surface area contributed by atoms with Gasteiger partial charge in [0.25, 0.3) is 0 Å². The van der Waals surface area contributed by atoms with Crippen molar-refractivity contribution < 1.29 is 39.8 Å². The van der Waals surface area contributed by atoms with Gasteiger partial charge in [0.05, 0.1) is 25.4 Å². The van der Waals surface area contributed by atoms with E-state index in [4.69, 9.17) is 9.47 Å². The van der Waals surface area contributed by atoms with E-state index in [2.05, 4.69) is 67.8 Å². The molecular formula is C81H151NO8. The first-order valence-corrected chi connectivity index (χ1v) is 39.5. The van der Waals surface area contributed by atoms with Gasteiger partial charge in [0.2, 0.25) is 5.91 Å². The largest absolute Gasteiger partial charge is 0.394 e. The molecule has 1 heterocycles. The van der Waals surface area contributed by atoms with Crippen molar-refractivity contribution in [3.05, 3.63) is 60.8 Å². The van der Waals surface area contributed by atoms with Gasteiger partial charge in [-0.2, -0.15) is 0 Å². The van der Waals surface area contributed by atoms with Crippen LogP contribution < -0.4 is 5.32 Å². The van der Waals surface area contributed by atoms with Gasteiger partial charge in [-0.3, -0.25) is 4.79 Å². The summed E-state index contributed by atoms with van der Waals surface area (Å²) in [4.78, 5) is 13.2. The molecule has 0 spiro atoms. The number of allylic oxidation sites excluding steroid dienone is 9. The number of aliphatic hydroxyl groups excluding tert-OH is 5. The second-order valence-electron chi connectivity index (χ2n) is 27.5. The van der Waals surface area contributed by atoms with Gasteiger partial charge in [-0.25, -0.2) is 0 Å². The number of carbonyl (C=O) groups is 1. The van der Waals surface area contributed by atoms with Gasteiger partial charge in [-0.15, -0.1) is 0 Å². The Balaban J connectivity index is 2.06. The van der Waals surface area contributed by atoms with Crippen LogP contribution in [0.2, 0.25) is 0 Å². The van der Waals surface area contributed by atoms with Crippen LogP contribution in [0.15, 0.2) is 60.8 Å². The van der Waals surface area contributed by atoms with E-state index in [1.165, 1.54) is 321 Å². The van der Waals surface area contributed by atoms with Crippen LogP contribution >= 0.6 is 0 Å². The van der Waals surface area contributed by atoms with Crippen molar-refractivity contribution in [3.63, 3.8) is 0 Å². The minimum absolute atomic E-state index is 0.183. The second-order valence-corrected chi connectivity index (χ2v) is 27.5. The summed E-state index contributed by atoms with van der Waals surface area (Å²) in [5.74, 6) is -0.183. The van der Waals surface area contributed by atoms with Gasteiger partial charge >= 0.3 is 0 Å². The van der Waals surface area contributed by atoms with Crippen LogP contribution in [0.1, 0.15) is 393 Å². The minimum Gasteiger partial charge on any atom is -0.394 e. The van der Waals surface area contributed by atoms with Gasteiger partial charge in [0.1, 0.15) is 24.4 Å². The van der Waals surface area contributed by atoms with Crippen molar-refractivity contribution in [1.29, 1.82) is 0 Å². The molecule has 1 aliphatic heterocycles. The fraction of sp³-hybridized carbons (Fsp3) is 0.864. The highest BCUT2D eigenvalue weighted by Gasteiger charge is 2.44. The monoisotopic (exact) mass is 1270 g/mol. The Morgan fingerprint density at radius 2 is 0.667 bits per heavy atom. The molecule has 0 aliphatic carbocycles. The lowest BCUT2D eigenvalue weighted by Gasteiger charge is -2.40. The highest BCUT2D eigenvalue weighted by Crippen LogP contribution is 2.24. The van der Waals surface area contributed by atoms with Gasteiger partial charge in [0.15, 0.2) is 6.29 Å². The number of nitrogens with one attached hydrogen (secondary N) is 1. The fourth-order valence-corrected chi connectivity index (χ4v) is 12.6. The number of amides is 1. The summed E-state index contributed by atoms with van der Waals surface area (Å²) in [6, 6.07) is -0.830. The predicted molar refractivity (Wildman–Crippen MR) is 387 cm³/mol. The zero-order valence-corrected chi connectivity index (χ0v) is 59.4. The minimum atomic E-state index is -1.58. The predicted octanol–water partition coefficient (Wildman–Crippen LogP) is 22.5. The molecule has 528 valence electrons. The van der Waals surface area contributed by atoms with E-state index in [-0.39, 0.29) is 12.5 Å². The second kappa shape index (κ2) is 69.7. The summed E-state index contributed by atoms with van der Waals surface area (Å²) in [6.07, 6.45) is 90.9. The van der Waals surface area contributed by atoms with Crippen LogP contribution in [0.5, 0.6) is 0 Å². The van der Waals surface area contributed by atoms with Crippen LogP contribution in [0, 0.1) is 0 Å². The first kappa shape index (κ1) is 85.9. The maximum absolute atomic E-state index is 13.2. The van der Waals surface area contributed by atoms with E-state index >= 15 is 0 Å². The van der Waals surface area contributed by atoms with E-state index in [0.717, 1.165) is 51.4 Å². The summed E-state index contributed by atoms with van der Waals surface area (Å²) >= 11 is 0. The Bertz CT molecular complexity index is 1610. The Hall–Kier alpha value is -2.11. The average molecular weight is 1270 g/mol. The van der Waals surface area contributed by atoms with Crippen molar-refractivity contribution >= 4 is 5.91 Å². The molecule has 0 aromatic heterocycles.